The Morgan fingerprint density at radius 3 is 2.67 bits per heavy atom. The smallest absolute Gasteiger partial charge is 0.262 e. The zero-order valence-corrected chi connectivity index (χ0v) is 15.4. The molecule has 1 aliphatic rings. The maximum atomic E-state index is 12.8. The monoisotopic (exact) mass is 386 g/mol. The summed E-state index contributed by atoms with van der Waals surface area (Å²) in [6, 6.07) is 11.5. The molecule has 1 aliphatic heterocycles. The fourth-order valence-corrected chi connectivity index (χ4v) is 3.78. The summed E-state index contributed by atoms with van der Waals surface area (Å²) in [6.07, 6.45) is 0.752. The number of fused-ring (bicyclic) bond motifs is 1. The molecule has 0 saturated carbocycles. The average Bonchev–Trinajstić information content (AvgIpc) is 2.95. The molecule has 3 aromatic rings. The van der Waals surface area contributed by atoms with Crippen LogP contribution in [0.3, 0.4) is 0 Å². The second-order valence-corrected chi connectivity index (χ2v) is 7.77. The number of nitrogens with zero attached hydrogens (tertiary/aromatic N) is 2. The number of hydrogen-bond acceptors (Lipinski definition) is 6. The van der Waals surface area contributed by atoms with Gasteiger partial charge in [-0.1, -0.05) is 12.1 Å². The molecule has 27 heavy (non-hydrogen) atoms. The molecule has 0 aliphatic carbocycles. The molecule has 0 amide bonds. The third kappa shape index (κ3) is 3.72. The molecule has 0 radical (unpaired) electrons. The Kier molecular flexibility index (Phi) is 4.44. The van der Waals surface area contributed by atoms with Gasteiger partial charge in [0.1, 0.15) is 5.82 Å². The minimum atomic E-state index is -3.79. The number of ether oxygens (including phenoxy) is 2. The van der Waals surface area contributed by atoms with Crippen LogP contribution in [0.15, 0.2) is 47.4 Å². The highest BCUT2D eigenvalue weighted by Crippen LogP contribution is 2.32. The number of sulfonamides is 1. The van der Waals surface area contributed by atoms with E-state index in [9.17, 15) is 8.42 Å². The van der Waals surface area contributed by atoms with Gasteiger partial charge in [-0.2, -0.15) is 5.10 Å². The van der Waals surface area contributed by atoms with Gasteiger partial charge in [-0.05, 0) is 31.2 Å². The van der Waals surface area contributed by atoms with Crippen LogP contribution in [0.2, 0.25) is 0 Å². The van der Waals surface area contributed by atoms with Gasteiger partial charge >= 0.3 is 0 Å². The molecular formula is C18H18N4O4S. The summed E-state index contributed by atoms with van der Waals surface area (Å²) in [5.41, 5.74) is 1.13. The number of benzene rings is 2. The van der Waals surface area contributed by atoms with Crippen molar-refractivity contribution in [3.63, 3.8) is 0 Å². The second kappa shape index (κ2) is 6.92. The summed E-state index contributed by atoms with van der Waals surface area (Å²) >= 11 is 0. The summed E-state index contributed by atoms with van der Waals surface area (Å²) in [4.78, 5) is 4.36. The maximum Gasteiger partial charge on any atom is 0.262 e. The van der Waals surface area contributed by atoms with Crippen molar-refractivity contribution in [2.45, 2.75) is 18.2 Å². The van der Waals surface area contributed by atoms with E-state index in [2.05, 4.69) is 19.9 Å². The van der Waals surface area contributed by atoms with Crippen molar-refractivity contribution in [1.29, 1.82) is 0 Å². The number of anilines is 1. The number of hydrogen-bond donors (Lipinski definition) is 2. The van der Waals surface area contributed by atoms with Gasteiger partial charge in [0, 0.05) is 23.7 Å². The van der Waals surface area contributed by atoms with E-state index >= 15 is 0 Å². The van der Waals surface area contributed by atoms with Crippen molar-refractivity contribution in [2.75, 3.05) is 17.9 Å². The second-order valence-electron chi connectivity index (χ2n) is 6.09. The zero-order valence-electron chi connectivity index (χ0n) is 14.6. The molecule has 0 saturated heterocycles. The Labute approximate surface area is 156 Å². The van der Waals surface area contributed by atoms with Gasteiger partial charge in [0.25, 0.3) is 10.0 Å². The lowest BCUT2D eigenvalue weighted by atomic mass is 10.2. The highest BCUT2D eigenvalue weighted by atomic mass is 32.2. The molecule has 2 N–H and O–H groups in total. The van der Waals surface area contributed by atoms with Crippen molar-refractivity contribution in [1.82, 2.24) is 15.2 Å². The quantitative estimate of drug-likeness (QED) is 0.714. The van der Waals surface area contributed by atoms with Crippen LogP contribution in [0, 0.1) is 6.92 Å². The summed E-state index contributed by atoms with van der Waals surface area (Å²) in [5, 5.41) is 6.86. The molecular weight excluding hydrogens is 368 g/mol. The van der Waals surface area contributed by atoms with Gasteiger partial charge in [-0.25, -0.2) is 13.4 Å². The topological polar surface area (TPSA) is 106 Å². The first-order valence-electron chi connectivity index (χ1n) is 8.43. The minimum absolute atomic E-state index is 0.103. The molecule has 2 heterocycles. The van der Waals surface area contributed by atoms with E-state index in [1.807, 2.05) is 6.07 Å². The Morgan fingerprint density at radius 1 is 1.07 bits per heavy atom. The van der Waals surface area contributed by atoms with Crippen LogP contribution in [0.4, 0.5) is 5.69 Å². The summed E-state index contributed by atoms with van der Waals surface area (Å²) in [6.45, 7) is 2.83. The van der Waals surface area contributed by atoms with Crippen LogP contribution >= 0.6 is 0 Å². The molecule has 2 aromatic carbocycles. The maximum absolute atomic E-state index is 12.8. The van der Waals surface area contributed by atoms with Crippen LogP contribution in [0.1, 0.15) is 12.2 Å². The summed E-state index contributed by atoms with van der Waals surface area (Å²) < 4.78 is 39.3. The molecule has 9 heteroatoms. The van der Waals surface area contributed by atoms with Crippen molar-refractivity contribution in [3.05, 3.63) is 48.3 Å². The molecule has 0 atom stereocenters. The molecule has 1 aromatic heterocycles. The Bertz CT molecular complexity index is 1080. The minimum Gasteiger partial charge on any atom is -0.490 e. The van der Waals surface area contributed by atoms with Crippen molar-refractivity contribution in [3.8, 4) is 22.9 Å². The van der Waals surface area contributed by atoms with Crippen molar-refractivity contribution >= 4 is 15.7 Å². The number of nitrogens with one attached hydrogen (secondary N) is 2. The first-order chi connectivity index (χ1) is 13.0. The van der Waals surface area contributed by atoms with Crippen LogP contribution in [-0.4, -0.2) is 36.8 Å². The van der Waals surface area contributed by atoms with E-state index in [4.69, 9.17) is 9.47 Å². The molecule has 0 unspecified atom stereocenters. The first-order valence-corrected chi connectivity index (χ1v) is 9.91. The highest BCUT2D eigenvalue weighted by molar-refractivity contribution is 7.92. The fourth-order valence-electron chi connectivity index (χ4n) is 2.72. The van der Waals surface area contributed by atoms with Gasteiger partial charge in [0.2, 0.25) is 0 Å². The lowest BCUT2D eigenvalue weighted by molar-refractivity contribution is 0.297. The predicted octanol–water partition coefficient (Wildman–Crippen LogP) is 2.74. The van der Waals surface area contributed by atoms with E-state index in [0.717, 1.165) is 6.42 Å². The lowest BCUT2D eigenvalue weighted by Crippen LogP contribution is -2.13. The Balaban J connectivity index is 1.61. The summed E-state index contributed by atoms with van der Waals surface area (Å²) in [7, 11) is -3.79. The van der Waals surface area contributed by atoms with Crippen molar-refractivity contribution < 1.29 is 17.9 Å². The fraction of sp³-hybridized carbons (Fsp3) is 0.222. The van der Waals surface area contributed by atoms with Crippen LogP contribution in [-0.2, 0) is 10.0 Å². The molecule has 0 bridgehead atoms. The van der Waals surface area contributed by atoms with E-state index in [1.54, 1.807) is 31.2 Å². The number of aromatic amines is 1. The summed E-state index contributed by atoms with van der Waals surface area (Å²) in [5.74, 6) is 2.17. The largest absolute Gasteiger partial charge is 0.490 e. The van der Waals surface area contributed by atoms with Crippen molar-refractivity contribution in [2.24, 2.45) is 0 Å². The standard InChI is InChI=1S/C18H18N4O4S/c1-12-19-18(21-20-12)13-4-2-5-14(10-13)22-27(23,24)15-6-7-16-17(11-15)26-9-3-8-25-16/h2,4-7,10-11,22H,3,8-9H2,1H3,(H,19,20,21). The highest BCUT2D eigenvalue weighted by Gasteiger charge is 2.19. The van der Waals surface area contributed by atoms with Gasteiger partial charge in [-0.3, -0.25) is 9.82 Å². The van der Waals surface area contributed by atoms with Gasteiger partial charge in [-0.15, -0.1) is 0 Å². The van der Waals surface area contributed by atoms with Crippen LogP contribution in [0.5, 0.6) is 11.5 Å². The van der Waals surface area contributed by atoms with Gasteiger partial charge in [0.05, 0.1) is 18.1 Å². The van der Waals surface area contributed by atoms with Crippen LogP contribution in [0.25, 0.3) is 11.4 Å². The van der Waals surface area contributed by atoms with Gasteiger partial charge in [0.15, 0.2) is 17.3 Å². The van der Waals surface area contributed by atoms with E-state index in [-0.39, 0.29) is 4.90 Å². The molecule has 4 rings (SSSR count). The van der Waals surface area contributed by atoms with E-state index < -0.39 is 10.0 Å². The normalized spacial score (nSPS) is 13.8. The number of H-pyrrole nitrogens is 1. The third-order valence-corrected chi connectivity index (χ3v) is 5.38. The molecule has 0 spiro atoms. The van der Waals surface area contributed by atoms with E-state index in [0.29, 0.717) is 47.6 Å². The number of aromatic nitrogens is 3. The zero-order chi connectivity index (χ0) is 18.9. The van der Waals surface area contributed by atoms with Gasteiger partial charge < -0.3 is 9.47 Å². The lowest BCUT2D eigenvalue weighted by Gasteiger charge is -2.12. The molecule has 8 nitrogen and oxygen atoms in total. The average molecular weight is 386 g/mol. The molecule has 0 fully saturated rings. The van der Waals surface area contributed by atoms with E-state index in [1.165, 1.54) is 12.1 Å². The predicted molar refractivity (Wildman–Crippen MR) is 99.4 cm³/mol. The number of aryl methyl sites for hydroxylation is 1. The third-order valence-electron chi connectivity index (χ3n) is 4.00. The SMILES string of the molecule is Cc1nc(-c2cccc(NS(=O)(=O)c3ccc4c(c3)OCCCO4)c2)n[nH]1. The Hall–Kier alpha value is -3.07. The Morgan fingerprint density at radius 2 is 1.89 bits per heavy atom. The molecule has 140 valence electrons. The first kappa shape index (κ1) is 17.3. The van der Waals surface area contributed by atoms with Crippen LogP contribution < -0.4 is 14.2 Å². The number of rotatable bonds is 4.